The van der Waals surface area contributed by atoms with Crippen LogP contribution in [0.4, 0.5) is 0 Å². The summed E-state index contributed by atoms with van der Waals surface area (Å²) in [5, 5.41) is 15.9. The number of aryl methyl sites for hydroxylation is 1. The molecule has 1 aromatic heterocycles. The third-order valence-corrected chi connectivity index (χ3v) is 12.0. The van der Waals surface area contributed by atoms with Crippen molar-refractivity contribution in [3.63, 3.8) is 0 Å². The molecule has 296 valence electrons. The van der Waals surface area contributed by atoms with E-state index in [1.807, 2.05) is 51.8 Å². The van der Waals surface area contributed by atoms with Crippen molar-refractivity contribution in [1.29, 1.82) is 0 Å². The van der Waals surface area contributed by atoms with Crippen LogP contribution in [0.15, 0.2) is 36.7 Å². The highest BCUT2D eigenvalue weighted by atomic mass is 16.5. The van der Waals surface area contributed by atoms with Gasteiger partial charge < -0.3 is 25.0 Å². The molecule has 2 N–H and O–H groups in total. The van der Waals surface area contributed by atoms with Crippen molar-refractivity contribution in [1.82, 2.24) is 20.1 Å². The fourth-order valence-corrected chi connectivity index (χ4v) is 8.48. The number of methoxy groups -OCH3 is 1. The maximum absolute atomic E-state index is 14.2. The first-order valence-corrected chi connectivity index (χ1v) is 20.0. The first-order valence-electron chi connectivity index (χ1n) is 20.0. The van der Waals surface area contributed by atoms with E-state index in [4.69, 9.17) is 4.74 Å². The summed E-state index contributed by atoms with van der Waals surface area (Å²) in [6.07, 6.45) is 7.46. The van der Waals surface area contributed by atoms with Crippen molar-refractivity contribution in [3.05, 3.63) is 42.2 Å². The van der Waals surface area contributed by atoms with E-state index in [1.54, 1.807) is 32.3 Å². The van der Waals surface area contributed by atoms with Gasteiger partial charge in [-0.25, -0.2) is 0 Å². The summed E-state index contributed by atoms with van der Waals surface area (Å²) in [4.78, 5) is 62.9. The van der Waals surface area contributed by atoms with Crippen molar-refractivity contribution >= 4 is 34.2 Å². The number of Topliss-reactive ketones (excluding diaryl/α,β-unsaturated/α-hetero) is 2. The molecule has 53 heavy (non-hydrogen) atoms. The lowest BCUT2D eigenvalue weighted by Gasteiger charge is -2.41. The minimum Gasteiger partial charge on any atom is -0.396 e. The number of ketones is 2. The third kappa shape index (κ3) is 11.4. The minimum atomic E-state index is -0.574. The van der Waals surface area contributed by atoms with E-state index in [9.17, 15) is 24.3 Å². The van der Waals surface area contributed by atoms with E-state index in [2.05, 4.69) is 42.3 Å². The molecule has 1 fully saturated rings. The molecule has 3 rings (SSSR count). The molecule has 2 amide bonds. The summed E-state index contributed by atoms with van der Waals surface area (Å²) < 4.78 is 6.03. The number of hydrogen-bond acceptors (Lipinski definition) is 8. The van der Waals surface area contributed by atoms with Crippen LogP contribution in [0.1, 0.15) is 99.0 Å². The van der Waals surface area contributed by atoms with Gasteiger partial charge in [0, 0.05) is 81.7 Å². The number of rotatable bonds is 22. The van der Waals surface area contributed by atoms with Crippen LogP contribution in [-0.2, 0) is 30.3 Å². The molecule has 10 nitrogen and oxygen atoms in total. The highest BCUT2D eigenvalue weighted by Gasteiger charge is 2.42. The van der Waals surface area contributed by atoms with Crippen LogP contribution in [-0.4, -0.2) is 102 Å². The second-order valence-electron chi connectivity index (χ2n) is 16.1. The molecule has 0 saturated carbocycles. The Morgan fingerprint density at radius 1 is 1.02 bits per heavy atom. The molecule has 2 aromatic rings. The molecule has 2 heterocycles. The van der Waals surface area contributed by atoms with Gasteiger partial charge in [0.05, 0.1) is 24.6 Å². The molecule has 1 aliphatic rings. The molecule has 0 bridgehead atoms. The number of nitrogens with zero attached hydrogens (tertiary/aromatic N) is 3. The minimum absolute atomic E-state index is 0.0229. The van der Waals surface area contributed by atoms with Crippen molar-refractivity contribution in [2.24, 2.45) is 35.5 Å². The number of aromatic nitrogens is 1. The fraction of sp³-hybridized carbons (Fsp3) is 0.698. The molecule has 1 saturated heterocycles. The number of carbonyl (C=O) groups excluding carboxylic acids is 4. The van der Waals surface area contributed by atoms with Crippen LogP contribution in [0.5, 0.6) is 0 Å². The van der Waals surface area contributed by atoms with Crippen LogP contribution in [0.2, 0.25) is 0 Å². The summed E-state index contributed by atoms with van der Waals surface area (Å²) in [6, 6.07) is 7.31. The molecule has 1 unspecified atom stereocenters. The van der Waals surface area contributed by atoms with Gasteiger partial charge in [0.25, 0.3) is 0 Å². The van der Waals surface area contributed by atoms with Crippen molar-refractivity contribution in [2.45, 2.75) is 124 Å². The van der Waals surface area contributed by atoms with Gasteiger partial charge in [-0.15, -0.1) is 0 Å². The Bertz CT molecular complexity index is 1500. The Balaban J connectivity index is 1.70. The Morgan fingerprint density at radius 3 is 2.34 bits per heavy atom. The summed E-state index contributed by atoms with van der Waals surface area (Å²) in [6.45, 7) is 14.3. The monoisotopic (exact) mass is 737 g/mol. The zero-order valence-corrected chi connectivity index (χ0v) is 34.1. The van der Waals surface area contributed by atoms with Crippen molar-refractivity contribution < 1.29 is 29.0 Å². The van der Waals surface area contributed by atoms with E-state index < -0.39 is 24.0 Å². The zero-order valence-electron chi connectivity index (χ0n) is 34.1. The Hall–Kier alpha value is -3.21. The van der Waals surface area contributed by atoms with E-state index in [-0.39, 0.29) is 78.6 Å². The van der Waals surface area contributed by atoms with Gasteiger partial charge >= 0.3 is 0 Å². The smallest absolute Gasteiger partial charge is 0.226 e. The van der Waals surface area contributed by atoms with E-state index in [0.717, 1.165) is 36.5 Å². The highest BCUT2D eigenvalue weighted by molar-refractivity contribution is 5.90. The molecule has 1 aliphatic heterocycles. The summed E-state index contributed by atoms with van der Waals surface area (Å²) in [5.74, 6) is -1.28. The number of aliphatic hydroxyl groups is 1. The number of amides is 2. The Morgan fingerprint density at radius 2 is 1.74 bits per heavy atom. The standard InChI is InChI=1S/C43H68N4O6/c1-11-29(6)42(46(9)43(52)34(27(2)3)23-38(50)41(44-8)28(4)5)39(53-10)24-40(51)47-21-13-15-36(47)35(26-48)30(7)37(49)16-12-14-31-17-18-33-25-45-20-19-32(33)22-31/h17-20,22,25,27-30,34-36,39,41-42,44,48H,11-16,21,23-24,26H2,1-10H3/t29-,30+,34-,35+,36-,39+,41-,42?/m0/s1. The summed E-state index contributed by atoms with van der Waals surface area (Å²) >= 11 is 0. The number of benzene rings is 1. The van der Waals surface area contributed by atoms with Crippen LogP contribution in [0.25, 0.3) is 10.8 Å². The van der Waals surface area contributed by atoms with Gasteiger partial charge in [0.2, 0.25) is 11.8 Å². The predicted octanol–water partition coefficient (Wildman–Crippen LogP) is 6.12. The quantitative estimate of drug-likeness (QED) is 0.148. The lowest BCUT2D eigenvalue weighted by Crippen LogP contribution is -2.54. The largest absolute Gasteiger partial charge is 0.396 e. The van der Waals surface area contributed by atoms with Crippen LogP contribution in [0, 0.1) is 35.5 Å². The average Bonchev–Trinajstić information content (AvgIpc) is 3.62. The van der Waals surface area contributed by atoms with Crippen LogP contribution >= 0.6 is 0 Å². The topological polar surface area (TPSA) is 129 Å². The van der Waals surface area contributed by atoms with E-state index in [1.165, 1.54) is 5.56 Å². The lowest BCUT2D eigenvalue weighted by atomic mass is 9.82. The second-order valence-corrected chi connectivity index (χ2v) is 16.1. The number of hydrogen-bond donors (Lipinski definition) is 2. The number of pyridine rings is 1. The molecular formula is C43H68N4O6. The number of aliphatic hydroxyl groups excluding tert-OH is 1. The third-order valence-electron chi connectivity index (χ3n) is 12.0. The normalized spacial score (nSPS) is 18.8. The molecule has 8 atom stereocenters. The molecule has 1 aromatic carbocycles. The number of nitrogens with one attached hydrogen (secondary N) is 1. The molecule has 0 radical (unpaired) electrons. The van der Waals surface area contributed by atoms with Gasteiger partial charge in [0.1, 0.15) is 5.78 Å². The number of fused-ring (bicyclic) bond motifs is 1. The molecule has 10 heteroatoms. The maximum atomic E-state index is 14.2. The van der Waals surface area contributed by atoms with E-state index >= 15 is 0 Å². The lowest BCUT2D eigenvalue weighted by molar-refractivity contribution is -0.148. The van der Waals surface area contributed by atoms with Crippen molar-refractivity contribution in [2.75, 3.05) is 34.4 Å². The van der Waals surface area contributed by atoms with Crippen LogP contribution < -0.4 is 5.32 Å². The number of ether oxygens (including phenoxy) is 1. The zero-order chi connectivity index (χ0) is 39.4. The fourth-order valence-electron chi connectivity index (χ4n) is 8.48. The molecule has 0 spiro atoms. The Labute approximate surface area is 318 Å². The molecular weight excluding hydrogens is 668 g/mol. The SMILES string of the molecule is CC[C@H](C)C([C@@H](CC(=O)N1CCC[C@H]1[C@H](CO)[C@@H](C)C(=O)CCCc1ccc2cnccc2c1)OC)N(C)C(=O)[C@@H](CC(=O)[C@@H](NC)C(C)C)C(C)C. The number of likely N-dealkylation sites (tertiary alicyclic amines) is 1. The summed E-state index contributed by atoms with van der Waals surface area (Å²) in [7, 11) is 5.14. The summed E-state index contributed by atoms with van der Waals surface area (Å²) in [5.41, 5.74) is 1.17. The highest BCUT2D eigenvalue weighted by Crippen LogP contribution is 2.33. The number of carbonyl (C=O) groups is 4. The Kier molecular flexibility index (Phi) is 17.5. The molecule has 0 aliphatic carbocycles. The average molecular weight is 737 g/mol. The number of likely N-dealkylation sites (N-methyl/N-ethyl adjacent to an activating group) is 2. The first-order chi connectivity index (χ1) is 25.2. The van der Waals surface area contributed by atoms with Crippen LogP contribution in [0.3, 0.4) is 0 Å². The van der Waals surface area contributed by atoms with Gasteiger partial charge in [-0.2, -0.15) is 0 Å². The predicted molar refractivity (Wildman–Crippen MR) is 211 cm³/mol. The van der Waals surface area contributed by atoms with Gasteiger partial charge in [-0.3, -0.25) is 24.2 Å². The maximum Gasteiger partial charge on any atom is 0.226 e. The second kappa shape index (κ2) is 21.0. The van der Waals surface area contributed by atoms with Crippen molar-refractivity contribution in [3.8, 4) is 0 Å². The van der Waals surface area contributed by atoms with Gasteiger partial charge in [0.15, 0.2) is 5.78 Å². The van der Waals surface area contributed by atoms with Gasteiger partial charge in [-0.1, -0.05) is 73.1 Å². The first kappa shape index (κ1) is 44.2. The van der Waals surface area contributed by atoms with Gasteiger partial charge in [-0.05, 0) is 67.5 Å². The van der Waals surface area contributed by atoms with E-state index in [0.29, 0.717) is 19.4 Å².